The van der Waals surface area contributed by atoms with Crippen molar-refractivity contribution in [1.82, 2.24) is 0 Å². The minimum atomic E-state index is -0.333. The third-order valence-electron chi connectivity index (χ3n) is 1.07. The number of rotatable bonds is 4. The van der Waals surface area contributed by atoms with E-state index in [1.165, 1.54) is 6.92 Å². The standard InChI is InChI=1S/C7H12O3/c1-3-7(4-8)5-10-6(2)9/h3,7-8H,1,4-5H2,2H3/t7-/m1/s1. The summed E-state index contributed by atoms with van der Waals surface area (Å²) in [6.07, 6.45) is 1.56. The molecule has 1 atom stereocenters. The average Bonchev–Trinajstić information content (AvgIpc) is 1.90. The molecule has 0 spiro atoms. The van der Waals surface area contributed by atoms with Crippen LogP contribution in [0, 0.1) is 5.92 Å². The lowest BCUT2D eigenvalue weighted by Gasteiger charge is -2.07. The second-order valence-electron chi connectivity index (χ2n) is 1.98. The van der Waals surface area contributed by atoms with Gasteiger partial charge in [0.25, 0.3) is 0 Å². The highest BCUT2D eigenvalue weighted by atomic mass is 16.5. The molecule has 0 saturated heterocycles. The Labute approximate surface area is 60.3 Å². The van der Waals surface area contributed by atoms with E-state index in [1.807, 2.05) is 0 Å². The first-order valence-electron chi connectivity index (χ1n) is 3.07. The zero-order valence-electron chi connectivity index (χ0n) is 6.04. The Hall–Kier alpha value is -0.830. The molecular weight excluding hydrogens is 132 g/mol. The van der Waals surface area contributed by atoms with E-state index in [9.17, 15) is 4.79 Å². The van der Waals surface area contributed by atoms with Gasteiger partial charge in [-0.05, 0) is 0 Å². The van der Waals surface area contributed by atoms with Crippen molar-refractivity contribution in [3.05, 3.63) is 12.7 Å². The molecule has 0 amide bonds. The zero-order valence-corrected chi connectivity index (χ0v) is 6.04. The monoisotopic (exact) mass is 144 g/mol. The van der Waals surface area contributed by atoms with Crippen LogP contribution in [0.15, 0.2) is 12.7 Å². The first kappa shape index (κ1) is 9.17. The van der Waals surface area contributed by atoms with Gasteiger partial charge in [0.05, 0.1) is 13.2 Å². The summed E-state index contributed by atoms with van der Waals surface area (Å²) in [6, 6.07) is 0. The Balaban J connectivity index is 3.44. The molecule has 0 aliphatic rings. The highest BCUT2D eigenvalue weighted by molar-refractivity contribution is 5.65. The molecule has 0 saturated carbocycles. The summed E-state index contributed by atoms with van der Waals surface area (Å²) in [7, 11) is 0. The maximum atomic E-state index is 10.2. The first-order chi connectivity index (χ1) is 4.70. The fraction of sp³-hybridized carbons (Fsp3) is 0.571. The molecule has 0 radical (unpaired) electrons. The lowest BCUT2D eigenvalue weighted by molar-refractivity contribution is -0.142. The minimum absolute atomic E-state index is 0.0310. The maximum absolute atomic E-state index is 10.2. The van der Waals surface area contributed by atoms with Crippen LogP contribution >= 0.6 is 0 Å². The van der Waals surface area contributed by atoms with Crippen LogP contribution in [0.4, 0.5) is 0 Å². The molecule has 3 heteroatoms. The minimum Gasteiger partial charge on any atom is -0.465 e. The number of aliphatic hydroxyl groups is 1. The Bertz CT molecular complexity index is 120. The van der Waals surface area contributed by atoms with Crippen molar-refractivity contribution in [3.8, 4) is 0 Å². The molecular formula is C7H12O3. The predicted molar refractivity (Wildman–Crippen MR) is 37.4 cm³/mol. The normalized spacial score (nSPS) is 12.2. The van der Waals surface area contributed by atoms with E-state index < -0.39 is 0 Å². The molecule has 0 rings (SSSR count). The van der Waals surface area contributed by atoms with Gasteiger partial charge in [-0.2, -0.15) is 0 Å². The van der Waals surface area contributed by atoms with Crippen LogP contribution < -0.4 is 0 Å². The number of ether oxygens (including phenoxy) is 1. The second kappa shape index (κ2) is 4.99. The summed E-state index contributed by atoms with van der Waals surface area (Å²) >= 11 is 0. The van der Waals surface area contributed by atoms with Crippen LogP contribution in [-0.2, 0) is 9.53 Å². The maximum Gasteiger partial charge on any atom is 0.302 e. The lowest BCUT2D eigenvalue weighted by Crippen LogP contribution is -2.13. The van der Waals surface area contributed by atoms with Crippen LogP contribution in [0.1, 0.15) is 6.92 Å². The van der Waals surface area contributed by atoms with Gasteiger partial charge in [-0.25, -0.2) is 0 Å². The van der Waals surface area contributed by atoms with Gasteiger partial charge >= 0.3 is 5.97 Å². The van der Waals surface area contributed by atoms with Crippen molar-refractivity contribution in [2.45, 2.75) is 6.92 Å². The van der Waals surface area contributed by atoms with E-state index >= 15 is 0 Å². The molecule has 0 aliphatic carbocycles. The molecule has 0 aliphatic heterocycles. The van der Waals surface area contributed by atoms with Gasteiger partial charge in [-0.15, -0.1) is 6.58 Å². The van der Waals surface area contributed by atoms with E-state index in [4.69, 9.17) is 5.11 Å². The second-order valence-corrected chi connectivity index (χ2v) is 1.98. The van der Waals surface area contributed by atoms with Gasteiger partial charge in [0.2, 0.25) is 0 Å². The number of hydrogen-bond donors (Lipinski definition) is 1. The van der Waals surface area contributed by atoms with E-state index in [1.54, 1.807) is 6.08 Å². The summed E-state index contributed by atoms with van der Waals surface area (Å²) in [5.41, 5.74) is 0. The van der Waals surface area contributed by atoms with E-state index in [0.29, 0.717) is 0 Å². The third kappa shape index (κ3) is 4.09. The third-order valence-corrected chi connectivity index (χ3v) is 1.07. The van der Waals surface area contributed by atoms with Crippen molar-refractivity contribution >= 4 is 5.97 Å². The SMILES string of the molecule is C=C[C@H](CO)COC(C)=O. The van der Waals surface area contributed by atoms with Gasteiger partial charge in [0.1, 0.15) is 0 Å². The predicted octanol–water partition coefficient (Wildman–Crippen LogP) is 0.344. The number of carbonyl (C=O) groups excluding carboxylic acids is 1. The number of hydrogen-bond acceptors (Lipinski definition) is 3. The summed E-state index contributed by atoms with van der Waals surface area (Å²) in [5.74, 6) is -0.468. The van der Waals surface area contributed by atoms with E-state index in [0.717, 1.165) is 0 Å². The molecule has 58 valence electrons. The largest absolute Gasteiger partial charge is 0.465 e. The van der Waals surface area contributed by atoms with Crippen molar-refractivity contribution in [3.63, 3.8) is 0 Å². The van der Waals surface area contributed by atoms with Crippen LogP contribution in [-0.4, -0.2) is 24.3 Å². The summed E-state index contributed by atoms with van der Waals surface area (Å²) in [4.78, 5) is 10.2. The molecule has 0 fully saturated rings. The Morgan fingerprint density at radius 2 is 2.50 bits per heavy atom. The van der Waals surface area contributed by atoms with Gasteiger partial charge in [-0.3, -0.25) is 4.79 Å². The molecule has 0 bridgehead atoms. The molecule has 1 N–H and O–H groups in total. The van der Waals surface area contributed by atoms with Gasteiger partial charge < -0.3 is 9.84 Å². The summed E-state index contributed by atoms with van der Waals surface area (Å²) in [6.45, 7) is 4.98. The number of aliphatic hydroxyl groups excluding tert-OH is 1. The van der Waals surface area contributed by atoms with Crippen LogP contribution in [0.5, 0.6) is 0 Å². The molecule has 0 aromatic heterocycles. The summed E-state index contributed by atoms with van der Waals surface area (Å²) in [5, 5.41) is 8.58. The molecule has 0 heterocycles. The average molecular weight is 144 g/mol. The number of carbonyl (C=O) groups is 1. The fourth-order valence-electron chi connectivity index (χ4n) is 0.420. The first-order valence-corrected chi connectivity index (χ1v) is 3.07. The topological polar surface area (TPSA) is 46.5 Å². The Kier molecular flexibility index (Phi) is 4.58. The van der Waals surface area contributed by atoms with Crippen molar-refractivity contribution < 1.29 is 14.6 Å². The lowest BCUT2D eigenvalue weighted by atomic mass is 10.2. The fourth-order valence-corrected chi connectivity index (χ4v) is 0.420. The molecule has 0 unspecified atom stereocenters. The van der Waals surface area contributed by atoms with Crippen molar-refractivity contribution in [1.29, 1.82) is 0 Å². The molecule has 0 aromatic rings. The zero-order chi connectivity index (χ0) is 7.98. The molecule has 0 aromatic carbocycles. The number of esters is 1. The van der Waals surface area contributed by atoms with E-state index in [2.05, 4.69) is 11.3 Å². The smallest absolute Gasteiger partial charge is 0.302 e. The quantitative estimate of drug-likeness (QED) is 0.457. The van der Waals surface area contributed by atoms with Gasteiger partial charge in [0.15, 0.2) is 0 Å². The van der Waals surface area contributed by atoms with Gasteiger partial charge in [0, 0.05) is 12.8 Å². The highest BCUT2D eigenvalue weighted by Crippen LogP contribution is 1.96. The Morgan fingerprint density at radius 3 is 2.80 bits per heavy atom. The molecule has 10 heavy (non-hydrogen) atoms. The van der Waals surface area contributed by atoms with Crippen LogP contribution in [0.2, 0.25) is 0 Å². The van der Waals surface area contributed by atoms with Crippen LogP contribution in [0.3, 0.4) is 0 Å². The summed E-state index contributed by atoms with van der Waals surface area (Å²) < 4.78 is 4.62. The highest BCUT2D eigenvalue weighted by Gasteiger charge is 2.02. The van der Waals surface area contributed by atoms with Crippen molar-refractivity contribution in [2.24, 2.45) is 5.92 Å². The molecule has 3 nitrogen and oxygen atoms in total. The van der Waals surface area contributed by atoms with E-state index in [-0.39, 0.29) is 25.1 Å². The Morgan fingerprint density at radius 1 is 1.90 bits per heavy atom. The van der Waals surface area contributed by atoms with Crippen molar-refractivity contribution in [2.75, 3.05) is 13.2 Å². The van der Waals surface area contributed by atoms with Gasteiger partial charge in [-0.1, -0.05) is 6.08 Å². The van der Waals surface area contributed by atoms with Crippen LogP contribution in [0.25, 0.3) is 0 Å².